The monoisotopic (exact) mass is 326 g/mol. The fourth-order valence-corrected chi connectivity index (χ4v) is 3.55. The lowest BCUT2D eigenvalue weighted by Crippen LogP contribution is -2.33. The maximum atomic E-state index is 6.27. The topological polar surface area (TPSA) is 33.4 Å². The van der Waals surface area contributed by atoms with Crippen LogP contribution >= 0.6 is 11.6 Å². The van der Waals surface area contributed by atoms with E-state index in [0.717, 1.165) is 49.0 Å². The zero-order valence-electron chi connectivity index (χ0n) is 12.9. The highest BCUT2D eigenvalue weighted by Crippen LogP contribution is 2.28. The molecule has 0 saturated carbocycles. The first kappa shape index (κ1) is 14.7. The summed E-state index contributed by atoms with van der Waals surface area (Å²) in [7, 11) is 0. The fraction of sp³-hybridized carbons (Fsp3) is 0.333. The lowest BCUT2D eigenvalue weighted by Gasteiger charge is -2.31. The fourth-order valence-electron chi connectivity index (χ4n) is 3.36. The molecular weight excluding hydrogens is 308 g/mol. The lowest BCUT2D eigenvalue weighted by molar-refractivity contribution is 0.201. The second-order valence-electron chi connectivity index (χ2n) is 6.13. The molecule has 0 aliphatic carbocycles. The molecule has 0 atom stereocenters. The molecule has 0 bridgehead atoms. The molecule has 5 heteroatoms. The van der Waals surface area contributed by atoms with Crippen molar-refractivity contribution in [3.8, 4) is 0 Å². The van der Waals surface area contributed by atoms with Crippen molar-refractivity contribution >= 4 is 17.2 Å². The van der Waals surface area contributed by atoms with Gasteiger partial charge in [-0.15, -0.1) is 10.2 Å². The number of rotatable bonds is 3. The zero-order chi connectivity index (χ0) is 15.6. The van der Waals surface area contributed by atoms with Crippen LogP contribution in [-0.2, 0) is 6.54 Å². The molecule has 118 valence electrons. The maximum Gasteiger partial charge on any atom is 0.160 e. The molecule has 23 heavy (non-hydrogen) atoms. The number of likely N-dealkylation sites (tertiary alicyclic amines) is 1. The van der Waals surface area contributed by atoms with Crippen molar-refractivity contribution in [1.82, 2.24) is 19.5 Å². The smallest absolute Gasteiger partial charge is 0.160 e. The molecule has 1 fully saturated rings. The second-order valence-corrected chi connectivity index (χ2v) is 6.54. The number of nitrogens with zero attached hydrogens (tertiary/aromatic N) is 4. The van der Waals surface area contributed by atoms with Crippen molar-refractivity contribution in [2.24, 2.45) is 0 Å². The minimum Gasteiger partial charge on any atom is -0.299 e. The molecular formula is C18H19ClN4. The molecule has 4 nitrogen and oxygen atoms in total. The standard InChI is InChI=1S/C18H19ClN4/c19-16-6-2-1-5-15(16)13-22-11-8-14(9-12-22)18-21-20-17-7-3-4-10-23(17)18/h1-7,10,14H,8-9,11-13H2. The van der Waals surface area contributed by atoms with Crippen LogP contribution in [0, 0.1) is 0 Å². The Morgan fingerprint density at radius 1 is 1.00 bits per heavy atom. The number of benzene rings is 1. The van der Waals surface area contributed by atoms with E-state index < -0.39 is 0 Å². The molecule has 3 aromatic rings. The molecule has 1 aliphatic rings. The molecule has 1 saturated heterocycles. The number of fused-ring (bicyclic) bond motifs is 1. The summed E-state index contributed by atoms with van der Waals surface area (Å²) in [5.41, 5.74) is 2.14. The molecule has 0 radical (unpaired) electrons. The van der Waals surface area contributed by atoms with E-state index in [0.29, 0.717) is 5.92 Å². The summed E-state index contributed by atoms with van der Waals surface area (Å²) in [4.78, 5) is 2.47. The Morgan fingerprint density at radius 2 is 1.78 bits per heavy atom. The minimum atomic E-state index is 0.481. The van der Waals surface area contributed by atoms with E-state index in [4.69, 9.17) is 11.6 Å². The number of hydrogen-bond acceptors (Lipinski definition) is 3. The Balaban J connectivity index is 1.44. The van der Waals surface area contributed by atoms with Gasteiger partial charge in [0.2, 0.25) is 0 Å². The van der Waals surface area contributed by atoms with Crippen LogP contribution in [0.5, 0.6) is 0 Å². The van der Waals surface area contributed by atoms with E-state index in [-0.39, 0.29) is 0 Å². The quantitative estimate of drug-likeness (QED) is 0.734. The molecule has 4 rings (SSSR count). The van der Waals surface area contributed by atoms with Crippen LogP contribution in [0.4, 0.5) is 0 Å². The average molecular weight is 327 g/mol. The van der Waals surface area contributed by atoms with E-state index >= 15 is 0 Å². The average Bonchev–Trinajstić information content (AvgIpc) is 3.02. The van der Waals surface area contributed by atoms with Crippen molar-refractivity contribution in [2.45, 2.75) is 25.3 Å². The molecule has 3 heterocycles. The van der Waals surface area contributed by atoms with Gasteiger partial charge in [-0.2, -0.15) is 0 Å². The normalized spacial score (nSPS) is 16.9. The van der Waals surface area contributed by atoms with E-state index in [9.17, 15) is 0 Å². The van der Waals surface area contributed by atoms with E-state index in [1.807, 2.05) is 30.3 Å². The van der Waals surface area contributed by atoms with E-state index in [1.165, 1.54) is 5.56 Å². The van der Waals surface area contributed by atoms with Crippen LogP contribution in [0.2, 0.25) is 5.02 Å². The van der Waals surface area contributed by atoms with Gasteiger partial charge in [0.05, 0.1) is 0 Å². The van der Waals surface area contributed by atoms with E-state index in [1.54, 1.807) is 0 Å². The van der Waals surface area contributed by atoms with E-state index in [2.05, 4.69) is 37.8 Å². The third-order valence-electron chi connectivity index (χ3n) is 4.64. The first-order valence-electron chi connectivity index (χ1n) is 8.07. The Kier molecular flexibility index (Phi) is 4.02. The summed E-state index contributed by atoms with van der Waals surface area (Å²) in [6, 6.07) is 14.1. The van der Waals surface area contributed by atoms with Gasteiger partial charge in [-0.1, -0.05) is 35.9 Å². The van der Waals surface area contributed by atoms with Gasteiger partial charge in [-0.05, 0) is 49.7 Å². The molecule has 0 N–H and O–H groups in total. The first-order chi connectivity index (χ1) is 11.3. The molecule has 0 spiro atoms. The van der Waals surface area contributed by atoms with Crippen molar-refractivity contribution < 1.29 is 0 Å². The molecule has 0 amide bonds. The Labute approximate surface area is 140 Å². The van der Waals surface area contributed by atoms with Crippen molar-refractivity contribution in [3.05, 3.63) is 65.1 Å². The maximum absolute atomic E-state index is 6.27. The summed E-state index contributed by atoms with van der Waals surface area (Å²) in [6.07, 6.45) is 4.28. The van der Waals surface area contributed by atoms with Crippen LogP contribution in [0.3, 0.4) is 0 Å². The van der Waals surface area contributed by atoms with Gasteiger partial charge in [0.25, 0.3) is 0 Å². The molecule has 2 aromatic heterocycles. The predicted octanol–water partition coefficient (Wildman–Crippen LogP) is 3.76. The van der Waals surface area contributed by atoms with Crippen molar-refractivity contribution in [1.29, 1.82) is 0 Å². The van der Waals surface area contributed by atoms with Crippen molar-refractivity contribution in [3.63, 3.8) is 0 Å². The number of pyridine rings is 1. The third-order valence-corrected chi connectivity index (χ3v) is 5.01. The van der Waals surface area contributed by atoms with Gasteiger partial charge in [-0.25, -0.2) is 0 Å². The van der Waals surface area contributed by atoms with Crippen LogP contribution < -0.4 is 0 Å². The van der Waals surface area contributed by atoms with Gasteiger partial charge in [0.1, 0.15) is 5.82 Å². The number of piperidine rings is 1. The Bertz CT molecular complexity index is 805. The second kappa shape index (κ2) is 6.30. The highest BCUT2D eigenvalue weighted by Gasteiger charge is 2.24. The van der Waals surface area contributed by atoms with Crippen molar-refractivity contribution in [2.75, 3.05) is 13.1 Å². The Hall–Kier alpha value is -1.91. The number of hydrogen-bond donors (Lipinski definition) is 0. The van der Waals surface area contributed by atoms with Gasteiger partial charge in [-0.3, -0.25) is 9.30 Å². The molecule has 0 unspecified atom stereocenters. The largest absolute Gasteiger partial charge is 0.299 e. The third kappa shape index (κ3) is 2.96. The summed E-state index contributed by atoms with van der Waals surface area (Å²) in [6.45, 7) is 3.06. The summed E-state index contributed by atoms with van der Waals surface area (Å²) >= 11 is 6.27. The van der Waals surface area contributed by atoms with Gasteiger partial charge >= 0.3 is 0 Å². The zero-order valence-corrected chi connectivity index (χ0v) is 13.7. The number of aromatic nitrogens is 3. The summed E-state index contributed by atoms with van der Waals surface area (Å²) in [5, 5.41) is 9.55. The molecule has 1 aliphatic heterocycles. The minimum absolute atomic E-state index is 0.481. The number of halogens is 1. The van der Waals surface area contributed by atoms with Crippen LogP contribution in [0.1, 0.15) is 30.1 Å². The van der Waals surface area contributed by atoms with Crippen LogP contribution in [0.15, 0.2) is 48.7 Å². The predicted molar refractivity (Wildman–Crippen MR) is 91.7 cm³/mol. The van der Waals surface area contributed by atoms with Crippen LogP contribution in [-0.4, -0.2) is 32.6 Å². The van der Waals surface area contributed by atoms with Gasteiger partial charge in [0.15, 0.2) is 5.65 Å². The van der Waals surface area contributed by atoms with Gasteiger partial charge < -0.3 is 0 Å². The SMILES string of the molecule is Clc1ccccc1CN1CCC(c2nnc3ccccn23)CC1. The van der Waals surface area contributed by atoms with Crippen LogP contribution in [0.25, 0.3) is 5.65 Å². The molecule has 1 aromatic carbocycles. The summed E-state index contributed by atoms with van der Waals surface area (Å²) in [5.74, 6) is 1.58. The first-order valence-corrected chi connectivity index (χ1v) is 8.44. The summed E-state index contributed by atoms with van der Waals surface area (Å²) < 4.78 is 2.12. The highest BCUT2D eigenvalue weighted by atomic mass is 35.5. The lowest BCUT2D eigenvalue weighted by atomic mass is 9.95. The highest BCUT2D eigenvalue weighted by molar-refractivity contribution is 6.31. The van der Waals surface area contributed by atoms with Gasteiger partial charge in [0, 0.05) is 23.7 Å². The Morgan fingerprint density at radius 3 is 2.61 bits per heavy atom.